The van der Waals surface area contributed by atoms with Crippen molar-refractivity contribution in [3.05, 3.63) is 53.9 Å². The van der Waals surface area contributed by atoms with Crippen LogP contribution < -0.4 is 15.6 Å². The highest BCUT2D eigenvalue weighted by atomic mass is 16.5. The quantitative estimate of drug-likeness (QED) is 0.148. The first-order valence-electron chi connectivity index (χ1n) is 28.5. The standard InChI is InChI=1S/C58H79N9O9/c1-35-36(2)48(35)53(68)61-50-52(65-32-58(33-65)16-8-23-76-58)54-60-46(31-74-54)38-10-13-47-42(27-38)44(29-57(4,5)34-75-56(70)45-9-7-17-67(62-45)55(50)69)51(66(47)22-26-73-41-14-24-72-25-15-41)43-28-40(30-59-49(43)37(3)71-6)64-20-18-63(19-21-64)39-11-12-39/h10,13,27-28,30-31,35-37,39,41,45,48,50,52,62H,7-9,11-12,14-26,29,32-34H2,1-6H3,(H,61,68)/t35-,36+,37-,45-,48?,50-,52-/m0/s1. The van der Waals surface area contributed by atoms with E-state index in [2.05, 4.69) is 88.9 Å². The number of anilines is 1. The summed E-state index contributed by atoms with van der Waals surface area (Å²) in [6, 6.07) is 6.92. The number of oxazole rings is 1. The molecule has 8 aliphatic rings. The van der Waals surface area contributed by atoms with Gasteiger partial charge in [-0.15, -0.1) is 0 Å². The van der Waals surface area contributed by atoms with Gasteiger partial charge in [-0.3, -0.25) is 34.2 Å². The molecule has 1 spiro atoms. The molecule has 2 aliphatic carbocycles. The smallest absolute Gasteiger partial charge is 0.324 e. The molecule has 2 saturated carbocycles. The van der Waals surface area contributed by atoms with E-state index in [-0.39, 0.29) is 54.0 Å². The highest BCUT2D eigenvalue weighted by Gasteiger charge is 2.55. The fourth-order valence-corrected chi connectivity index (χ4v) is 13.3. The van der Waals surface area contributed by atoms with Gasteiger partial charge in [0.15, 0.2) is 0 Å². The summed E-state index contributed by atoms with van der Waals surface area (Å²) in [5.74, 6) is -0.455. The number of hydrazine groups is 1. The molecule has 5 saturated heterocycles. The summed E-state index contributed by atoms with van der Waals surface area (Å²) in [5.41, 5.74) is 9.91. The van der Waals surface area contributed by atoms with Crippen molar-refractivity contribution < 1.29 is 42.5 Å². The van der Waals surface area contributed by atoms with E-state index in [4.69, 9.17) is 38.1 Å². The fraction of sp³-hybridized carbons (Fsp3) is 0.672. The zero-order chi connectivity index (χ0) is 52.5. The number of ether oxygens (including phenoxy) is 5. The molecule has 18 heteroatoms. The van der Waals surface area contributed by atoms with Gasteiger partial charge >= 0.3 is 5.97 Å². The van der Waals surface area contributed by atoms with Gasteiger partial charge in [-0.25, -0.2) is 10.4 Å². The number of methoxy groups -OCH3 is 1. The van der Waals surface area contributed by atoms with Crippen molar-refractivity contribution in [2.75, 3.05) is 90.9 Å². The van der Waals surface area contributed by atoms with Gasteiger partial charge in [-0.1, -0.05) is 33.8 Å². The molecule has 3 aromatic heterocycles. The molecule has 7 fully saturated rings. The summed E-state index contributed by atoms with van der Waals surface area (Å²) in [5, 5.41) is 5.78. The van der Waals surface area contributed by atoms with E-state index in [0.29, 0.717) is 83.5 Å². The van der Waals surface area contributed by atoms with Crippen molar-refractivity contribution in [1.29, 1.82) is 0 Å². The van der Waals surface area contributed by atoms with E-state index in [0.717, 1.165) is 103 Å². The van der Waals surface area contributed by atoms with Crippen LogP contribution in [-0.4, -0.2) is 163 Å². The average molecular weight is 1050 g/mol. The Morgan fingerprint density at radius 3 is 2.47 bits per heavy atom. The number of pyridine rings is 1. The van der Waals surface area contributed by atoms with Gasteiger partial charge in [0.1, 0.15) is 30.1 Å². The fourth-order valence-electron chi connectivity index (χ4n) is 13.3. The van der Waals surface area contributed by atoms with Crippen molar-refractivity contribution in [2.45, 2.75) is 141 Å². The number of esters is 1. The number of cyclic esters (lactones) is 1. The normalized spacial score (nSPS) is 28.8. The Labute approximate surface area is 446 Å². The summed E-state index contributed by atoms with van der Waals surface area (Å²) in [6.45, 7) is 19.1. The molecule has 6 aliphatic heterocycles. The maximum Gasteiger partial charge on any atom is 0.324 e. The number of nitrogens with zero attached hydrogens (tertiary/aromatic N) is 7. The second kappa shape index (κ2) is 21.0. The largest absolute Gasteiger partial charge is 0.464 e. The van der Waals surface area contributed by atoms with Crippen molar-refractivity contribution >= 4 is 34.4 Å². The molecular weight excluding hydrogens is 967 g/mol. The van der Waals surface area contributed by atoms with Crippen LogP contribution in [0.4, 0.5) is 5.69 Å². The molecule has 18 nitrogen and oxygen atoms in total. The van der Waals surface area contributed by atoms with Crippen LogP contribution in [0.15, 0.2) is 41.1 Å². The maximum absolute atomic E-state index is 15.2. The first-order valence-corrected chi connectivity index (χ1v) is 28.5. The second-order valence-corrected chi connectivity index (χ2v) is 24.2. The van der Waals surface area contributed by atoms with Gasteiger partial charge in [-0.05, 0) is 100 Å². The molecule has 7 atom stereocenters. The van der Waals surface area contributed by atoms with E-state index in [1.54, 1.807) is 13.4 Å². The highest BCUT2D eigenvalue weighted by Crippen LogP contribution is 2.48. The number of fused-ring (bicyclic) bond motifs is 6. The SMILES string of the molecule is CO[C@@H](C)c1ncc(N2CCN(C3CC3)CC2)cc1-c1c2c3cc(ccc3n1CCOC1CCOCC1)-c1coc(n1)[C@@H](N1CC3(CCCO3)C1)[C@H](NC(=O)C1[C@@H](C)[C@H]1C)C(=O)N1CCC[C@H](N1)C(=O)OCC(C)(C)C2. The van der Waals surface area contributed by atoms with E-state index >= 15 is 4.79 Å². The maximum atomic E-state index is 15.2. The van der Waals surface area contributed by atoms with Crippen LogP contribution in [0.25, 0.3) is 33.4 Å². The van der Waals surface area contributed by atoms with E-state index in [9.17, 15) is 9.59 Å². The molecule has 12 rings (SSSR count). The average Bonchev–Trinajstić information content (AvgIpc) is 4.18. The number of hydrogen-bond acceptors (Lipinski definition) is 15. The lowest BCUT2D eigenvalue weighted by Crippen LogP contribution is -2.68. The highest BCUT2D eigenvalue weighted by molar-refractivity contribution is 5.96. The second-order valence-electron chi connectivity index (χ2n) is 24.2. The van der Waals surface area contributed by atoms with Crippen molar-refractivity contribution in [1.82, 2.24) is 40.1 Å². The third-order valence-electron chi connectivity index (χ3n) is 18.3. The van der Waals surface area contributed by atoms with Gasteiger partial charge in [0.05, 0.1) is 54.3 Å². The molecule has 0 radical (unpaired) electrons. The predicted octanol–water partition coefficient (Wildman–Crippen LogP) is 6.46. The Kier molecular flexibility index (Phi) is 14.3. The number of rotatable bonds is 12. The van der Waals surface area contributed by atoms with Crippen LogP contribution in [0, 0.1) is 23.2 Å². The van der Waals surface area contributed by atoms with Gasteiger partial charge in [0.2, 0.25) is 11.8 Å². The zero-order valence-electron chi connectivity index (χ0n) is 45.5. The first kappa shape index (κ1) is 51.8. The van der Waals surface area contributed by atoms with E-state index < -0.39 is 29.5 Å². The monoisotopic (exact) mass is 1050 g/mol. The third kappa shape index (κ3) is 10.2. The number of likely N-dealkylation sites (tertiary alicyclic amines) is 1. The minimum atomic E-state index is -1.08. The van der Waals surface area contributed by atoms with Crippen LogP contribution in [0.3, 0.4) is 0 Å². The Balaban J connectivity index is 1.00. The number of aromatic nitrogens is 3. The summed E-state index contributed by atoms with van der Waals surface area (Å²) in [6.07, 6.45) is 11.3. The minimum absolute atomic E-state index is 0.116. The van der Waals surface area contributed by atoms with Gasteiger partial charge in [0.25, 0.3) is 5.91 Å². The molecular formula is C58H79N9O9. The lowest BCUT2D eigenvalue weighted by molar-refractivity contribution is -0.160. The van der Waals surface area contributed by atoms with Gasteiger partial charge < -0.3 is 42.9 Å². The van der Waals surface area contributed by atoms with Crippen molar-refractivity contribution in [3.63, 3.8) is 0 Å². The molecule has 76 heavy (non-hydrogen) atoms. The topological polar surface area (TPSA) is 178 Å². The lowest BCUT2D eigenvalue weighted by Gasteiger charge is -2.51. The Hall–Kier alpha value is -4.95. The number of hydrogen-bond donors (Lipinski definition) is 2. The summed E-state index contributed by atoms with van der Waals surface area (Å²) < 4.78 is 40.2. The number of carbonyl (C=O) groups excluding carboxylic acids is 3. The Morgan fingerprint density at radius 1 is 0.961 bits per heavy atom. The zero-order valence-corrected chi connectivity index (χ0v) is 45.5. The molecule has 2 N–H and O–H groups in total. The van der Waals surface area contributed by atoms with Crippen LogP contribution in [0.2, 0.25) is 0 Å². The number of benzene rings is 1. The van der Waals surface area contributed by atoms with Crippen LogP contribution in [0.5, 0.6) is 0 Å². The number of carbonyl (C=O) groups is 3. The lowest BCUT2D eigenvalue weighted by atomic mass is 9.84. The predicted molar refractivity (Wildman–Crippen MR) is 285 cm³/mol. The third-order valence-corrected chi connectivity index (χ3v) is 18.3. The molecule has 1 aromatic carbocycles. The molecule has 2 amide bonds. The Bertz CT molecular complexity index is 2770. The number of nitrogens with one attached hydrogen (secondary N) is 2. The van der Waals surface area contributed by atoms with Gasteiger partial charge in [0, 0.05) is 119 Å². The van der Waals surface area contributed by atoms with Crippen molar-refractivity contribution in [2.24, 2.45) is 23.2 Å². The van der Waals surface area contributed by atoms with Crippen LogP contribution in [-0.2, 0) is 51.0 Å². The van der Waals surface area contributed by atoms with E-state index in [1.807, 2.05) is 6.20 Å². The summed E-state index contributed by atoms with van der Waals surface area (Å²) >= 11 is 0. The van der Waals surface area contributed by atoms with Crippen molar-refractivity contribution in [3.8, 4) is 22.5 Å². The molecule has 410 valence electrons. The van der Waals surface area contributed by atoms with Gasteiger partial charge in [-0.2, -0.15) is 0 Å². The molecule has 1 unspecified atom stereocenters. The summed E-state index contributed by atoms with van der Waals surface area (Å²) in [4.78, 5) is 61.7. The Morgan fingerprint density at radius 2 is 1.75 bits per heavy atom. The first-order chi connectivity index (χ1) is 36.8. The molecule has 6 bridgehead atoms. The minimum Gasteiger partial charge on any atom is -0.464 e. The number of amides is 2. The summed E-state index contributed by atoms with van der Waals surface area (Å²) in [7, 11) is 1.74. The van der Waals surface area contributed by atoms with Crippen LogP contribution >= 0.6 is 0 Å². The molecule has 4 aromatic rings. The molecule has 9 heterocycles. The number of piperazine rings is 1. The van der Waals surface area contributed by atoms with Crippen LogP contribution in [0.1, 0.15) is 115 Å². The van der Waals surface area contributed by atoms with E-state index in [1.165, 1.54) is 17.9 Å².